The van der Waals surface area contributed by atoms with E-state index in [0.29, 0.717) is 12.0 Å². The van der Waals surface area contributed by atoms with Crippen molar-refractivity contribution in [2.45, 2.75) is 52.1 Å². The van der Waals surface area contributed by atoms with E-state index in [4.69, 9.17) is 4.74 Å². The first-order valence-corrected chi connectivity index (χ1v) is 6.58. The highest BCUT2D eigenvalue weighted by Crippen LogP contribution is 2.20. The summed E-state index contributed by atoms with van der Waals surface area (Å²) in [5, 5.41) is 12.8. The van der Waals surface area contributed by atoms with Gasteiger partial charge in [0.25, 0.3) is 0 Å². The number of ether oxygens (including phenoxy) is 1. The summed E-state index contributed by atoms with van der Waals surface area (Å²) in [6, 6.07) is 0.720. The number of nitrogens with one attached hydrogen (secondary N) is 1. The van der Waals surface area contributed by atoms with E-state index >= 15 is 0 Å². The normalized spacial score (nSPS) is 22.3. The highest BCUT2D eigenvalue weighted by molar-refractivity contribution is 4.76. The van der Waals surface area contributed by atoms with E-state index in [0.717, 1.165) is 19.1 Å². The molecule has 0 bridgehead atoms. The van der Waals surface area contributed by atoms with Crippen LogP contribution in [0, 0.1) is 11.8 Å². The summed E-state index contributed by atoms with van der Waals surface area (Å²) >= 11 is 0. The lowest BCUT2D eigenvalue weighted by Crippen LogP contribution is -2.43. The van der Waals surface area contributed by atoms with Gasteiger partial charge in [0.05, 0.1) is 6.61 Å². The molecular formula is C13H27NO2. The van der Waals surface area contributed by atoms with Gasteiger partial charge in [-0.3, -0.25) is 0 Å². The van der Waals surface area contributed by atoms with Crippen LogP contribution in [-0.2, 0) is 4.74 Å². The maximum Gasteiger partial charge on any atom is 0.0587 e. The molecule has 1 aliphatic rings. The Labute approximate surface area is 99.6 Å². The fourth-order valence-corrected chi connectivity index (χ4v) is 2.37. The smallest absolute Gasteiger partial charge is 0.0587 e. The fraction of sp³-hybridized carbons (Fsp3) is 1.00. The van der Waals surface area contributed by atoms with Crippen molar-refractivity contribution >= 4 is 0 Å². The van der Waals surface area contributed by atoms with E-state index < -0.39 is 0 Å². The predicted octanol–water partition coefficient (Wildman–Crippen LogP) is 1.80. The Hall–Kier alpha value is -0.120. The first-order valence-electron chi connectivity index (χ1n) is 6.58. The van der Waals surface area contributed by atoms with Gasteiger partial charge in [-0.05, 0) is 38.0 Å². The number of hydrogen-bond donors (Lipinski definition) is 2. The summed E-state index contributed by atoms with van der Waals surface area (Å²) in [6.07, 6.45) is 3.58. The van der Waals surface area contributed by atoms with Crippen LogP contribution in [-0.4, -0.2) is 37.0 Å². The van der Waals surface area contributed by atoms with Crippen LogP contribution < -0.4 is 5.32 Å². The van der Waals surface area contributed by atoms with E-state index in [-0.39, 0.29) is 12.6 Å². The van der Waals surface area contributed by atoms with Gasteiger partial charge in [0.15, 0.2) is 0 Å². The second kappa shape index (κ2) is 7.25. The minimum atomic E-state index is 0.231. The third-order valence-electron chi connectivity index (χ3n) is 3.53. The zero-order chi connectivity index (χ0) is 12.0. The van der Waals surface area contributed by atoms with Gasteiger partial charge in [-0.25, -0.2) is 0 Å². The Morgan fingerprint density at radius 1 is 1.25 bits per heavy atom. The monoisotopic (exact) mass is 229 g/mol. The van der Waals surface area contributed by atoms with Gasteiger partial charge in [0.2, 0.25) is 0 Å². The van der Waals surface area contributed by atoms with Crippen molar-refractivity contribution in [3.8, 4) is 0 Å². The summed E-state index contributed by atoms with van der Waals surface area (Å²) in [4.78, 5) is 0. The molecule has 2 N–H and O–H groups in total. The van der Waals surface area contributed by atoms with Gasteiger partial charge >= 0.3 is 0 Å². The Bertz CT molecular complexity index is 179. The summed E-state index contributed by atoms with van der Waals surface area (Å²) in [5.41, 5.74) is 0. The highest BCUT2D eigenvalue weighted by atomic mass is 16.5. The minimum Gasteiger partial charge on any atom is -0.395 e. The molecule has 1 saturated heterocycles. The Balaban J connectivity index is 2.25. The molecule has 0 aliphatic carbocycles. The quantitative estimate of drug-likeness (QED) is 0.730. The molecular weight excluding hydrogens is 202 g/mol. The second-order valence-electron chi connectivity index (χ2n) is 5.39. The lowest BCUT2D eigenvalue weighted by molar-refractivity contribution is 0.0598. The molecule has 0 aromatic carbocycles. The van der Waals surface area contributed by atoms with Crippen molar-refractivity contribution in [3.63, 3.8) is 0 Å². The first kappa shape index (κ1) is 13.9. The third-order valence-corrected chi connectivity index (χ3v) is 3.53. The van der Waals surface area contributed by atoms with Gasteiger partial charge in [0.1, 0.15) is 0 Å². The van der Waals surface area contributed by atoms with Crippen LogP contribution in [0.15, 0.2) is 0 Å². The average Bonchev–Trinajstić information content (AvgIpc) is 2.27. The molecule has 0 spiro atoms. The van der Waals surface area contributed by atoms with Gasteiger partial charge in [-0.1, -0.05) is 13.8 Å². The topological polar surface area (TPSA) is 41.5 Å². The lowest BCUT2D eigenvalue weighted by atomic mass is 9.92. The molecule has 0 saturated carbocycles. The van der Waals surface area contributed by atoms with Crippen molar-refractivity contribution in [1.29, 1.82) is 0 Å². The lowest BCUT2D eigenvalue weighted by Gasteiger charge is -2.29. The molecule has 1 rings (SSSR count). The predicted molar refractivity (Wildman–Crippen MR) is 66.5 cm³/mol. The molecule has 0 aromatic rings. The van der Waals surface area contributed by atoms with Gasteiger partial charge in [0, 0.05) is 25.3 Å². The molecule has 96 valence electrons. The summed E-state index contributed by atoms with van der Waals surface area (Å²) in [7, 11) is 0. The van der Waals surface area contributed by atoms with Crippen molar-refractivity contribution in [1.82, 2.24) is 5.32 Å². The molecule has 0 radical (unpaired) electrons. The number of rotatable bonds is 6. The summed E-state index contributed by atoms with van der Waals surface area (Å²) in [6.45, 7) is 8.59. The van der Waals surface area contributed by atoms with Crippen molar-refractivity contribution < 1.29 is 9.84 Å². The number of aliphatic hydroxyl groups excluding tert-OH is 1. The molecule has 1 aliphatic heterocycles. The maximum absolute atomic E-state index is 9.27. The van der Waals surface area contributed by atoms with Crippen molar-refractivity contribution in [3.05, 3.63) is 0 Å². The van der Waals surface area contributed by atoms with Crippen LogP contribution in [0.25, 0.3) is 0 Å². The SMILES string of the molecule is CC(CC1CCOCC1)N[C@H](CO)C(C)C. The Morgan fingerprint density at radius 3 is 2.38 bits per heavy atom. The highest BCUT2D eigenvalue weighted by Gasteiger charge is 2.19. The zero-order valence-corrected chi connectivity index (χ0v) is 10.9. The van der Waals surface area contributed by atoms with E-state index in [1.54, 1.807) is 0 Å². The van der Waals surface area contributed by atoms with Gasteiger partial charge in [-0.2, -0.15) is 0 Å². The molecule has 1 unspecified atom stereocenters. The van der Waals surface area contributed by atoms with Crippen molar-refractivity contribution in [2.24, 2.45) is 11.8 Å². The van der Waals surface area contributed by atoms with Crippen LogP contribution in [0.2, 0.25) is 0 Å². The third kappa shape index (κ3) is 4.81. The van der Waals surface area contributed by atoms with Crippen molar-refractivity contribution in [2.75, 3.05) is 19.8 Å². The fourth-order valence-electron chi connectivity index (χ4n) is 2.37. The minimum absolute atomic E-state index is 0.231. The summed E-state index contributed by atoms with van der Waals surface area (Å²) < 4.78 is 5.36. The van der Waals surface area contributed by atoms with Crippen LogP contribution in [0.3, 0.4) is 0 Å². The molecule has 1 fully saturated rings. The first-order chi connectivity index (χ1) is 7.63. The van der Waals surface area contributed by atoms with Gasteiger partial charge < -0.3 is 15.2 Å². The van der Waals surface area contributed by atoms with Crippen LogP contribution in [0.4, 0.5) is 0 Å². The molecule has 3 heteroatoms. The summed E-state index contributed by atoms with van der Waals surface area (Å²) in [5.74, 6) is 1.28. The van der Waals surface area contributed by atoms with E-state index in [1.807, 2.05) is 0 Å². The Morgan fingerprint density at radius 2 is 1.88 bits per heavy atom. The largest absolute Gasteiger partial charge is 0.395 e. The molecule has 16 heavy (non-hydrogen) atoms. The van der Waals surface area contributed by atoms with Gasteiger partial charge in [-0.15, -0.1) is 0 Å². The van der Waals surface area contributed by atoms with Crippen LogP contribution >= 0.6 is 0 Å². The standard InChI is InChI=1S/C13H27NO2/c1-10(2)13(9-15)14-11(3)8-12-4-6-16-7-5-12/h10-15H,4-9H2,1-3H3/t11?,13-/m1/s1. The van der Waals surface area contributed by atoms with E-state index in [1.165, 1.54) is 19.3 Å². The Kier molecular flexibility index (Phi) is 6.32. The zero-order valence-electron chi connectivity index (χ0n) is 10.9. The molecule has 0 amide bonds. The molecule has 3 nitrogen and oxygen atoms in total. The number of aliphatic hydroxyl groups is 1. The maximum atomic E-state index is 9.27. The molecule has 1 heterocycles. The van der Waals surface area contributed by atoms with E-state index in [2.05, 4.69) is 26.1 Å². The van der Waals surface area contributed by atoms with Crippen LogP contribution in [0.1, 0.15) is 40.0 Å². The molecule has 0 aromatic heterocycles. The molecule has 2 atom stereocenters. The second-order valence-corrected chi connectivity index (χ2v) is 5.39. The average molecular weight is 229 g/mol. The van der Waals surface area contributed by atoms with E-state index in [9.17, 15) is 5.11 Å². The number of hydrogen-bond acceptors (Lipinski definition) is 3. The van der Waals surface area contributed by atoms with Crippen LogP contribution in [0.5, 0.6) is 0 Å².